The summed E-state index contributed by atoms with van der Waals surface area (Å²) in [5.41, 5.74) is 2.03. The molecular formula is C23H27N5O3S. The molecule has 2 heterocycles. The van der Waals surface area contributed by atoms with Crippen molar-refractivity contribution in [3.8, 4) is 0 Å². The monoisotopic (exact) mass is 453 g/mol. The van der Waals surface area contributed by atoms with Crippen LogP contribution in [0.5, 0.6) is 0 Å². The van der Waals surface area contributed by atoms with Crippen molar-refractivity contribution in [1.82, 2.24) is 19.1 Å². The summed E-state index contributed by atoms with van der Waals surface area (Å²) in [4.78, 5) is 17.2. The molecule has 1 saturated heterocycles. The van der Waals surface area contributed by atoms with E-state index in [1.54, 1.807) is 30.1 Å². The van der Waals surface area contributed by atoms with E-state index in [0.717, 1.165) is 24.8 Å². The number of benzene rings is 2. The van der Waals surface area contributed by atoms with E-state index in [2.05, 4.69) is 15.4 Å². The Bertz CT molecular complexity index is 1210. The summed E-state index contributed by atoms with van der Waals surface area (Å²) in [6.07, 6.45) is 4.27. The number of aromatic nitrogens is 3. The van der Waals surface area contributed by atoms with Crippen LogP contribution in [0.2, 0.25) is 0 Å². The number of rotatable bonds is 6. The molecule has 1 atom stereocenters. The van der Waals surface area contributed by atoms with Crippen LogP contribution >= 0.6 is 0 Å². The van der Waals surface area contributed by atoms with Gasteiger partial charge in [-0.2, -0.15) is 4.31 Å². The van der Waals surface area contributed by atoms with Crippen LogP contribution in [0, 0.1) is 6.92 Å². The van der Waals surface area contributed by atoms with Crippen molar-refractivity contribution in [1.29, 1.82) is 0 Å². The maximum atomic E-state index is 13.2. The summed E-state index contributed by atoms with van der Waals surface area (Å²) in [5.74, 6) is -0.271. The molecule has 0 aliphatic carbocycles. The molecule has 0 saturated carbocycles. The summed E-state index contributed by atoms with van der Waals surface area (Å²) < 4.78 is 29.5. The summed E-state index contributed by atoms with van der Waals surface area (Å²) in [6, 6.07) is 14.4. The Labute approximate surface area is 188 Å². The van der Waals surface area contributed by atoms with Gasteiger partial charge < -0.3 is 0 Å². The number of anilines is 1. The van der Waals surface area contributed by atoms with Gasteiger partial charge in [-0.15, -0.1) is 5.10 Å². The van der Waals surface area contributed by atoms with Crippen molar-refractivity contribution in [3.63, 3.8) is 0 Å². The molecule has 0 bridgehead atoms. The first-order chi connectivity index (χ1) is 15.3. The van der Waals surface area contributed by atoms with Crippen molar-refractivity contribution >= 4 is 21.9 Å². The van der Waals surface area contributed by atoms with Gasteiger partial charge in [-0.25, -0.2) is 18.1 Å². The van der Waals surface area contributed by atoms with Crippen molar-refractivity contribution in [2.24, 2.45) is 0 Å². The maximum absolute atomic E-state index is 13.2. The minimum atomic E-state index is -3.67. The number of aryl methyl sites for hydroxylation is 1. The lowest BCUT2D eigenvalue weighted by Gasteiger charge is -2.32. The number of hydrogen-bond acceptors (Lipinski definition) is 5. The highest BCUT2D eigenvalue weighted by Crippen LogP contribution is 2.26. The van der Waals surface area contributed by atoms with Gasteiger partial charge in [-0.3, -0.25) is 10.1 Å². The highest BCUT2D eigenvalue weighted by molar-refractivity contribution is 7.89. The number of hydrogen-bond donors (Lipinski definition) is 1. The third-order valence-corrected chi connectivity index (χ3v) is 7.76. The Kier molecular flexibility index (Phi) is 6.38. The van der Waals surface area contributed by atoms with E-state index in [1.165, 1.54) is 10.4 Å². The van der Waals surface area contributed by atoms with E-state index < -0.39 is 15.9 Å². The average molecular weight is 454 g/mol. The molecule has 9 heteroatoms. The highest BCUT2D eigenvalue weighted by Gasteiger charge is 2.31. The second-order valence-corrected chi connectivity index (χ2v) is 10.0. The summed E-state index contributed by atoms with van der Waals surface area (Å²) in [7, 11) is -3.67. The molecule has 1 aliphatic rings. The van der Waals surface area contributed by atoms with E-state index in [-0.39, 0.29) is 22.4 Å². The maximum Gasteiger partial charge on any atom is 0.258 e. The molecule has 1 unspecified atom stereocenters. The third kappa shape index (κ3) is 4.73. The first-order valence-electron chi connectivity index (χ1n) is 10.7. The van der Waals surface area contributed by atoms with Crippen LogP contribution in [0.4, 0.5) is 5.95 Å². The second-order valence-electron chi connectivity index (χ2n) is 8.14. The summed E-state index contributed by atoms with van der Waals surface area (Å²) >= 11 is 0. The number of carbonyl (C=O) groups is 1. The summed E-state index contributed by atoms with van der Waals surface area (Å²) in [5, 5.41) is 6.98. The Hall–Kier alpha value is -3.04. The van der Waals surface area contributed by atoms with Crippen LogP contribution in [0.1, 0.15) is 47.7 Å². The van der Waals surface area contributed by atoms with E-state index in [4.69, 9.17) is 0 Å². The lowest BCUT2D eigenvalue weighted by molar-refractivity contribution is 0.102. The molecule has 32 heavy (non-hydrogen) atoms. The quantitative estimate of drug-likeness (QED) is 0.617. The molecule has 1 aromatic heterocycles. The van der Waals surface area contributed by atoms with Crippen LogP contribution in [0.25, 0.3) is 0 Å². The Morgan fingerprint density at radius 2 is 1.94 bits per heavy atom. The lowest BCUT2D eigenvalue weighted by Crippen LogP contribution is -2.42. The van der Waals surface area contributed by atoms with Crippen LogP contribution in [-0.2, 0) is 16.6 Å². The van der Waals surface area contributed by atoms with Gasteiger partial charge in [0.15, 0.2) is 0 Å². The molecule has 2 aromatic carbocycles. The first kappa shape index (κ1) is 22.2. The fourth-order valence-corrected chi connectivity index (χ4v) is 5.66. The van der Waals surface area contributed by atoms with Gasteiger partial charge in [0.1, 0.15) is 6.33 Å². The fraction of sp³-hybridized carbons (Fsp3) is 0.348. The van der Waals surface area contributed by atoms with Crippen LogP contribution < -0.4 is 5.32 Å². The molecule has 168 valence electrons. The van der Waals surface area contributed by atoms with Crippen LogP contribution in [0.15, 0.2) is 59.8 Å². The Morgan fingerprint density at radius 1 is 1.16 bits per heavy atom. The average Bonchev–Trinajstić information content (AvgIpc) is 3.21. The van der Waals surface area contributed by atoms with Gasteiger partial charge >= 0.3 is 0 Å². The number of nitrogens with one attached hydrogen (secondary N) is 1. The Balaban J connectivity index is 1.52. The predicted molar refractivity (Wildman–Crippen MR) is 122 cm³/mol. The third-order valence-electron chi connectivity index (χ3n) is 5.75. The number of nitrogens with zero attached hydrogens (tertiary/aromatic N) is 4. The smallest absolute Gasteiger partial charge is 0.258 e. The Morgan fingerprint density at radius 3 is 2.69 bits per heavy atom. The molecule has 1 amide bonds. The number of piperidine rings is 1. The van der Waals surface area contributed by atoms with Crippen molar-refractivity contribution < 1.29 is 13.2 Å². The number of sulfonamides is 1. The normalized spacial score (nSPS) is 17.2. The molecule has 4 rings (SSSR count). The minimum Gasteiger partial charge on any atom is -0.289 e. The number of amides is 1. The second kappa shape index (κ2) is 9.22. The van der Waals surface area contributed by atoms with Crippen LogP contribution in [0.3, 0.4) is 0 Å². The van der Waals surface area contributed by atoms with Gasteiger partial charge in [0.05, 0.1) is 11.4 Å². The molecule has 3 aromatic rings. The van der Waals surface area contributed by atoms with Crippen molar-refractivity contribution in [2.45, 2.75) is 50.6 Å². The lowest BCUT2D eigenvalue weighted by atomic mass is 10.1. The molecule has 8 nitrogen and oxygen atoms in total. The fourth-order valence-electron chi connectivity index (χ4n) is 3.94. The molecular weight excluding hydrogens is 426 g/mol. The van der Waals surface area contributed by atoms with E-state index in [9.17, 15) is 13.2 Å². The highest BCUT2D eigenvalue weighted by atomic mass is 32.2. The molecule has 1 fully saturated rings. The predicted octanol–water partition coefficient (Wildman–Crippen LogP) is 3.45. The van der Waals surface area contributed by atoms with Gasteiger partial charge in [-0.05, 0) is 49.9 Å². The largest absolute Gasteiger partial charge is 0.289 e. The van der Waals surface area contributed by atoms with Crippen LogP contribution in [-0.4, -0.2) is 46.0 Å². The summed E-state index contributed by atoms with van der Waals surface area (Å²) in [6.45, 7) is 4.73. The zero-order valence-electron chi connectivity index (χ0n) is 18.2. The number of carbonyl (C=O) groups excluding carboxylic acids is 1. The topological polar surface area (TPSA) is 97.2 Å². The van der Waals surface area contributed by atoms with Crippen molar-refractivity contribution in [2.75, 3.05) is 11.9 Å². The molecule has 0 radical (unpaired) electrons. The zero-order chi connectivity index (χ0) is 22.7. The van der Waals surface area contributed by atoms with Gasteiger partial charge in [0.25, 0.3) is 5.91 Å². The molecule has 1 N–H and O–H groups in total. The first-order valence-corrected chi connectivity index (χ1v) is 12.2. The SMILES string of the molecule is Cc1ccc(S(=O)(=O)N2CCCCC2C)cc1C(=O)Nc1ncn(Cc2ccccc2)n1. The molecule has 0 spiro atoms. The van der Waals surface area contributed by atoms with E-state index in [0.29, 0.717) is 18.7 Å². The van der Waals surface area contributed by atoms with E-state index >= 15 is 0 Å². The minimum absolute atomic E-state index is 0.0508. The van der Waals surface area contributed by atoms with Gasteiger partial charge in [0.2, 0.25) is 16.0 Å². The van der Waals surface area contributed by atoms with Gasteiger partial charge in [-0.1, -0.05) is 42.8 Å². The van der Waals surface area contributed by atoms with Gasteiger partial charge in [0, 0.05) is 18.2 Å². The van der Waals surface area contributed by atoms with Crippen molar-refractivity contribution in [3.05, 3.63) is 71.5 Å². The standard InChI is InChI=1S/C23H27N5O3S/c1-17-11-12-20(32(30,31)28-13-7-6-8-18(28)2)14-21(17)22(29)25-23-24-16-27(26-23)15-19-9-4-3-5-10-19/h3-5,9-12,14,16,18H,6-8,13,15H2,1-2H3,(H,25,26,29). The molecule has 1 aliphatic heterocycles. The van der Waals surface area contributed by atoms with E-state index in [1.807, 2.05) is 37.3 Å². The zero-order valence-corrected chi connectivity index (χ0v) is 19.0.